The smallest absolute Gasteiger partial charge is 0.238 e. The summed E-state index contributed by atoms with van der Waals surface area (Å²) >= 11 is 1.80. The quantitative estimate of drug-likeness (QED) is 0.902. The van der Waals surface area contributed by atoms with Crippen molar-refractivity contribution in [2.24, 2.45) is 0 Å². The summed E-state index contributed by atoms with van der Waals surface area (Å²) in [6, 6.07) is 7.79. The van der Waals surface area contributed by atoms with Crippen LogP contribution in [0.3, 0.4) is 0 Å². The number of methoxy groups -OCH3 is 2. The van der Waals surface area contributed by atoms with E-state index >= 15 is 0 Å². The van der Waals surface area contributed by atoms with Crippen LogP contribution in [0.15, 0.2) is 29.6 Å². The lowest BCUT2D eigenvalue weighted by Gasteiger charge is -2.32. The van der Waals surface area contributed by atoms with Gasteiger partial charge in [0.2, 0.25) is 5.91 Å². The first-order valence-corrected chi connectivity index (χ1v) is 8.82. The summed E-state index contributed by atoms with van der Waals surface area (Å²) in [5.74, 6) is 1.25. The van der Waals surface area contributed by atoms with Crippen molar-refractivity contribution in [2.75, 3.05) is 32.6 Å². The lowest BCUT2D eigenvalue weighted by molar-refractivity contribution is -0.117. The third-order valence-electron chi connectivity index (χ3n) is 4.43. The fraction of sp³-hybridized carbons (Fsp3) is 0.389. The number of benzene rings is 1. The van der Waals surface area contributed by atoms with Crippen molar-refractivity contribution in [1.29, 1.82) is 0 Å². The zero-order valence-electron chi connectivity index (χ0n) is 14.2. The Morgan fingerprint density at radius 1 is 1.33 bits per heavy atom. The molecule has 1 amide bonds. The minimum Gasteiger partial charge on any atom is -0.497 e. The van der Waals surface area contributed by atoms with E-state index in [1.807, 2.05) is 0 Å². The van der Waals surface area contributed by atoms with Crippen molar-refractivity contribution >= 4 is 22.9 Å². The van der Waals surface area contributed by atoms with Crippen LogP contribution >= 0.6 is 11.3 Å². The Labute approximate surface area is 146 Å². The standard InChI is InChI=1S/C18H22N2O3S/c1-12-14-7-9-24-17(14)6-8-20(12)11-18(21)19-15-10-13(22-2)4-5-16(15)23-3/h4-5,7,9-10,12H,6,8,11H2,1-3H3,(H,19,21). The van der Waals surface area contributed by atoms with Gasteiger partial charge in [0.15, 0.2) is 0 Å². The predicted octanol–water partition coefficient (Wildman–Crippen LogP) is 3.32. The first-order valence-electron chi connectivity index (χ1n) is 7.94. The Morgan fingerprint density at radius 3 is 2.92 bits per heavy atom. The molecule has 0 saturated heterocycles. The third-order valence-corrected chi connectivity index (χ3v) is 5.43. The van der Waals surface area contributed by atoms with E-state index in [0.717, 1.165) is 13.0 Å². The molecular formula is C18H22N2O3S. The molecule has 5 nitrogen and oxygen atoms in total. The number of nitrogens with zero attached hydrogens (tertiary/aromatic N) is 1. The van der Waals surface area contributed by atoms with Crippen molar-refractivity contribution in [3.05, 3.63) is 40.1 Å². The molecular weight excluding hydrogens is 324 g/mol. The Morgan fingerprint density at radius 2 is 2.17 bits per heavy atom. The zero-order valence-corrected chi connectivity index (χ0v) is 15.0. The van der Waals surface area contributed by atoms with Gasteiger partial charge in [-0.3, -0.25) is 9.69 Å². The molecule has 0 radical (unpaired) electrons. The van der Waals surface area contributed by atoms with Gasteiger partial charge in [-0.05, 0) is 42.5 Å². The van der Waals surface area contributed by atoms with Crippen molar-refractivity contribution in [3.63, 3.8) is 0 Å². The van der Waals surface area contributed by atoms with Gasteiger partial charge in [-0.25, -0.2) is 0 Å². The van der Waals surface area contributed by atoms with Crippen LogP contribution in [-0.4, -0.2) is 38.1 Å². The highest BCUT2D eigenvalue weighted by molar-refractivity contribution is 7.10. The average molecular weight is 346 g/mol. The zero-order chi connectivity index (χ0) is 17.1. The monoisotopic (exact) mass is 346 g/mol. The highest BCUT2D eigenvalue weighted by Gasteiger charge is 2.26. The van der Waals surface area contributed by atoms with Crippen molar-refractivity contribution in [1.82, 2.24) is 4.90 Å². The van der Waals surface area contributed by atoms with E-state index in [2.05, 4.69) is 28.6 Å². The van der Waals surface area contributed by atoms with Gasteiger partial charge in [-0.1, -0.05) is 0 Å². The second-order valence-electron chi connectivity index (χ2n) is 5.81. The highest BCUT2D eigenvalue weighted by Crippen LogP contribution is 2.33. The SMILES string of the molecule is COc1ccc(OC)c(NC(=O)CN2CCc3sccc3C2C)c1. The molecule has 0 fully saturated rings. The minimum atomic E-state index is -0.0490. The molecule has 0 saturated carbocycles. The first kappa shape index (κ1) is 16.8. The van der Waals surface area contributed by atoms with E-state index in [1.54, 1.807) is 43.8 Å². The summed E-state index contributed by atoms with van der Waals surface area (Å²) in [6.45, 7) is 3.41. The molecule has 1 aromatic carbocycles. The van der Waals surface area contributed by atoms with Gasteiger partial charge in [0.25, 0.3) is 0 Å². The van der Waals surface area contributed by atoms with Gasteiger partial charge in [-0.15, -0.1) is 11.3 Å². The van der Waals surface area contributed by atoms with Crippen LogP contribution in [0.1, 0.15) is 23.4 Å². The summed E-state index contributed by atoms with van der Waals surface area (Å²) in [7, 11) is 3.18. The molecule has 6 heteroatoms. The molecule has 0 aliphatic carbocycles. The summed E-state index contributed by atoms with van der Waals surface area (Å²) in [6.07, 6.45) is 1.01. The number of anilines is 1. The normalized spacial score (nSPS) is 17.2. The molecule has 3 rings (SSSR count). The van der Waals surface area contributed by atoms with E-state index in [0.29, 0.717) is 23.7 Å². The van der Waals surface area contributed by atoms with Gasteiger partial charge in [0, 0.05) is 23.5 Å². The predicted molar refractivity (Wildman–Crippen MR) is 96.2 cm³/mol. The van der Waals surface area contributed by atoms with E-state index in [9.17, 15) is 4.79 Å². The topological polar surface area (TPSA) is 50.8 Å². The molecule has 1 atom stereocenters. The molecule has 1 N–H and O–H groups in total. The molecule has 1 aromatic heterocycles. The number of carbonyl (C=O) groups excluding carboxylic acids is 1. The fourth-order valence-corrected chi connectivity index (χ4v) is 4.03. The Hall–Kier alpha value is -2.05. The number of hydrogen-bond donors (Lipinski definition) is 1. The summed E-state index contributed by atoms with van der Waals surface area (Å²) in [4.78, 5) is 16.1. The van der Waals surface area contributed by atoms with E-state index in [1.165, 1.54) is 10.4 Å². The molecule has 2 aromatic rings. The van der Waals surface area contributed by atoms with Crippen molar-refractivity contribution in [2.45, 2.75) is 19.4 Å². The number of nitrogens with one attached hydrogen (secondary N) is 1. The van der Waals surface area contributed by atoms with Gasteiger partial charge in [0.1, 0.15) is 11.5 Å². The van der Waals surface area contributed by atoms with Crippen LogP contribution in [-0.2, 0) is 11.2 Å². The lowest BCUT2D eigenvalue weighted by atomic mass is 10.0. The number of thiophene rings is 1. The third kappa shape index (κ3) is 3.39. The van der Waals surface area contributed by atoms with Gasteiger partial charge >= 0.3 is 0 Å². The number of ether oxygens (including phenoxy) is 2. The van der Waals surface area contributed by atoms with E-state index < -0.39 is 0 Å². The van der Waals surface area contributed by atoms with Crippen LogP contribution in [0, 0.1) is 0 Å². The van der Waals surface area contributed by atoms with Crippen LogP contribution in [0.2, 0.25) is 0 Å². The maximum atomic E-state index is 12.5. The van der Waals surface area contributed by atoms with Crippen LogP contribution in [0.4, 0.5) is 5.69 Å². The average Bonchev–Trinajstić information content (AvgIpc) is 3.06. The van der Waals surface area contributed by atoms with Gasteiger partial charge < -0.3 is 14.8 Å². The Balaban J connectivity index is 1.68. The molecule has 1 aliphatic heterocycles. The molecule has 1 unspecified atom stereocenters. The summed E-state index contributed by atoms with van der Waals surface area (Å²) in [5.41, 5.74) is 1.97. The number of carbonyl (C=O) groups is 1. The number of amides is 1. The second-order valence-corrected chi connectivity index (χ2v) is 6.81. The summed E-state index contributed by atoms with van der Waals surface area (Å²) < 4.78 is 10.5. The fourth-order valence-electron chi connectivity index (χ4n) is 3.06. The maximum Gasteiger partial charge on any atom is 0.238 e. The molecule has 1 aliphatic rings. The molecule has 0 spiro atoms. The molecule has 128 valence electrons. The van der Waals surface area contributed by atoms with Crippen LogP contribution in [0.25, 0.3) is 0 Å². The lowest BCUT2D eigenvalue weighted by Crippen LogP contribution is -2.39. The van der Waals surface area contributed by atoms with Crippen LogP contribution in [0.5, 0.6) is 11.5 Å². The summed E-state index contributed by atoms with van der Waals surface area (Å²) in [5, 5.41) is 5.07. The first-order chi connectivity index (χ1) is 11.6. The largest absolute Gasteiger partial charge is 0.497 e. The number of fused-ring (bicyclic) bond motifs is 1. The number of rotatable bonds is 5. The molecule has 2 heterocycles. The van der Waals surface area contributed by atoms with Gasteiger partial charge in [-0.2, -0.15) is 0 Å². The minimum absolute atomic E-state index is 0.0490. The van der Waals surface area contributed by atoms with E-state index in [4.69, 9.17) is 9.47 Å². The second kappa shape index (κ2) is 7.23. The number of hydrogen-bond acceptors (Lipinski definition) is 5. The van der Waals surface area contributed by atoms with Gasteiger partial charge in [0.05, 0.1) is 26.5 Å². The van der Waals surface area contributed by atoms with Crippen molar-refractivity contribution in [3.8, 4) is 11.5 Å². The Kier molecular flexibility index (Phi) is 5.06. The highest BCUT2D eigenvalue weighted by atomic mass is 32.1. The van der Waals surface area contributed by atoms with E-state index in [-0.39, 0.29) is 11.9 Å². The van der Waals surface area contributed by atoms with Crippen molar-refractivity contribution < 1.29 is 14.3 Å². The molecule has 0 bridgehead atoms. The van der Waals surface area contributed by atoms with Crippen LogP contribution < -0.4 is 14.8 Å². The maximum absolute atomic E-state index is 12.5. The Bertz CT molecular complexity index is 729. The molecule has 24 heavy (non-hydrogen) atoms.